The largest absolute Gasteiger partial charge is 0.487 e. The van der Waals surface area contributed by atoms with Crippen molar-refractivity contribution in [2.45, 2.75) is 6.92 Å². The molecule has 0 saturated carbocycles. The monoisotopic (exact) mass is 396 g/mol. The lowest BCUT2D eigenvalue weighted by Crippen LogP contribution is -2.34. The molecule has 8 nitrogen and oxygen atoms in total. The summed E-state index contributed by atoms with van der Waals surface area (Å²) in [6.45, 7) is 2.00. The van der Waals surface area contributed by atoms with Gasteiger partial charge in [0.25, 0.3) is 5.91 Å². The first-order valence-corrected chi connectivity index (χ1v) is 8.77. The summed E-state index contributed by atoms with van der Waals surface area (Å²) in [4.78, 5) is 27.4. The smallest absolute Gasteiger partial charge is 0.311 e. The number of hydrogen-bond acceptors (Lipinski definition) is 6. The van der Waals surface area contributed by atoms with E-state index in [1.165, 1.54) is 12.1 Å². The quantitative estimate of drug-likeness (QED) is 0.385. The molecule has 1 amide bonds. The number of ether oxygens (including phenoxy) is 1. The van der Waals surface area contributed by atoms with E-state index in [1.54, 1.807) is 19.2 Å². The molecule has 1 aromatic heterocycles. The molecule has 0 fully saturated rings. The van der Waals surface area contributed by atoms with Gasteiger partial charge in [-0.05, 0) is 43.4 Å². The van der Waals surface area contributed by atoms with Crippen LogP contribution in [0.1, 0.15) is 17.3 Å². The Kier molecular flexibility index (Phi) is 5.75. The van der Waals surface area contributed by atoms with Gasteiger partial charge < -0.3 is 10.1 Å². The van der Waals surface area contributed by atoms with Crippen LogP contribution in [-0.2, 0) is 0 Å². The van der Waals surface area contributed by atoms with Crippen molar-refractivity contribution in [3.8, 4) is 5.75 Å². The molecule has 0 aliphatic rings. The second-order valence-corrected chi connectivity index (χ2v) is 6.07. The van der Waals surface area contributed by atoms with Gasteiger partial charge in [0.1, 0.15) is 0 Å². The summed E-state index contributed by atoms with van der Waals surface area (Å²) >= 11 is 5.20. The van der Waals surface area contributed by atoms with Gasteiger partial charge in [0.15, 0.2) is 10.9 Å². The number of rotatable bonds is 5. The number of benzene rings is 2. The fourth-order valence-corrected chi connectivity index (χ4v) is 2.82. The number of carbonyl (C=O) groups excluding carboxylic acids is 1. The van der Waals surface area contributed by atoms with Crippen LogP contribution in [0, 0.1) is 10.1 Å². The van der Waals surface area contributed by atoms with E-state index in [1.807, 2.05) is 24.3 Å². The summed E-state index contributed by atoms with van der Waals surface area (Å²) < 4.78 is 5.22. The second-order valence-electron chi connectivity index (χ2n) is 5.66. The third-order valence-electron chi connectivity index (χ3n) is 3.83. The van der Waals surface area contributed by atoms with Crippen molar-refractivity contribution in [1.82, 2.24) is 10.3 Å². The summed E-state index contributed by atoms with van der Waals surface area (Å²) in [5.41, 5.74) is 1.15. The minimum atomic E-state index is -0.597. The third-order valence-corrected chi connectivity index (χ3v) is 4.03. The fourth-order valence-electron chi connectivity index (χ4n) is 2.61. The number of fused-ring (bicyclic) bond motifs is 1. The molecule has 0 bridgehead atoms. The number of amides is 1. The molecule has 3 aromatic rings. The number of nitro benzene ring substituents is 1. The van der Waals surface area contributed by atoms with Gasteiger partial charge in [0.05, 0.1) is 22.7 Å². The predicted molar refractivity (Wildman–Crippen MR) is 110 cm³/mol. The summed E-state index contributed by atoms with van der Waals surface area (Å²) in [5, 5.41) is 17.6. The molecular formula is C19H16N4O4S. The van der Waals surface area contributed by atoms with Crippen LogP contribution in [0.3, 0.4) is 0 Å². The standard InChI is InChI=1S/C19H16N4O4S/c1-2-27-16-9-8-13(11-15(16)23(25)26)18(24)22-19(28)21-14-7-3-5-12-6-4-10-20-17(12)14/h3-11H,2H2,1H3,(H2,21,22,24,28). The van der Waals surface area contributed by atoms with Crippen LogP contribution >= 0.6 is 12.2 Å². The third kappa shape index (κ3) is 4.21. The Labute approximate surface area is 165 Å². The van der Waals surface area contributed by atoms with Gasteiger partial charge in [0.2, 0.25) is 0 Å². The zero-order chi connectivity index (χ0) is 20.1. The first-order chi connectivity index (χ1) is 13.5. The second kappa shape index (κ2) is 8.40. The average molecular weight is 396 g/mol. The number of nitrogens with zero attached hydrogens (tertiary/aromatic N) is 2. The number of thiocarbonyl (C=S) groups is 1. The first kappa shape index (κ1) is 19.2. The molecule has 0 aliphatic heterocycles. The molecule has 28 heavy (non-hydrogen) atoms. The van der Waals surface area contributed by atoms with E-state index < -0.39 is 10.8 Å². The van der Waals surface area contributed by atoms with Gasteiger partial charge in [-0.3, -0.25) is 25.2 Å². The minimum absolute atomic E-state index is 0.0553. The van der Waals surface area contributed by atoms with Crippen molar-refractivity contribution in [3.05, 3.63) is 70.4 Å². The van der Waals surface area contributed by atoms with Crippen LogP contribution < -0.4 is 15.4 Å². The highest BCUT2D eigenvalue weighted by Gasteiger charge is 2.19. The molecule has 2 aromatic carbocycles. The van der Waals surface area contributed by atoms with Crippen LogP contribution in [0.25, 0.3) is 10.9 Å². The maximum Gasteiger partial charge on any atom is 0.311 e. The average Bonchev–Trinajstić information content (AvgIpc) is 2.68. The maximum atomic E-state index is 12.4. The zero-order valence-electron chi connectivity index (χ0n) is 14.8. The molecule has 1 heterocycles. The SMILES string of the molecule is CCOc1ccc(C(=O)NC(=S)Nc2cccc3cccnc23)cc1[N+](=O)[O-]. The van der Waals surface area contributed by atoms with Crippen molar-refractivity contribution >= 4 is 45.5 Å². The van der Waals surface area contributed by atoms with E-state index in [-0.39, 0.29) is 28.7 Å². The van der Waals surface area contributed by atoms with E-state index in [0.717, 1.165) is 11.5 Å². The number of hydrogen-bond donors (Lipinski definition) is 2. The number of anilines is 1. The number of para-hydroxylation sites is 1. The topological polar surface area (TPSA) is 106 Å². The lowest BCUT2D eigenvalue weighted by atomic mass is 10.1. The van der Waals surface area contributed by atoms with Crippen molar-refractivity contribution < 1.29 is 14.5 Å². The molecular weight excluding hydrogens is 380 g/mol. The first-order valence-electron chi connectivity index (χ1n) is 8.37. The molecule has 2 N–H and O–H groups in total. The van der Waals surface area contributed by atoms with E-state index in [0.29, 0.717) is 11.2 Å². The Morgan fingerprint density at radius 2 is 2.04 bits per heavy atom. The number of nitro groups is 1. The highest BCUT2D eigenvalue weighted by Crippen LogP contribution is 2.28. The van der Waals surface area contributed by atoms with E-state index in [4.69, 9.17) is 17.0 Å². The van der Waals surface area contributed by atoms with Crippen molar-refractivity contribution in [3.63, 3.8) is 0 Å². The predicted octanol–water partition coefficient (Wildman–Crippen LogP) is 3.67. The summed E-state index contributed by atoms with van der Waals surface area (Å²) in [6.07, 6.45) is 1.66. The van der Waals surface area contributed by atoms with E-state index >= 15 is 0 Å². The lowest BCUT2D eigenvalue weighted by molar-refractivity contribution is -0.385. The Hall–Kier alpha value is -3.59. The lowest BCUT2D eigenvalue weighted by Gasteiger charge is -2.11. The van der Waals surface area contributed by atoms with Gasteiger partial charge in [-0.1, -0.05) is 18.2 Å². The van der Waals surface area contributed by atoms with Crippen LogP contribution in [0.4, 0.5) is 11.4 Å². The fraction of sp³-hybridized carbons (Fsp3) is 0.105. The Balaban J connectivity index is 1.76. The van der Waals surface area contributed by atoms with Crippen LogP contribution in [0.5, 0.6) is 5.75 Å². The number of carbonyl (C=O) groups is 1. The summed E-state index contributed by atoms with van der Waals surface area (Å²) in [6, 6.07) is 13.3. The zero-order valence-corrected chi connectivity index (χ0v) is 15.7. The number of aromatic nitrogens is 1. The van der Waals surface area contributed by atoms with Gasteiger partial charge in [0, 0.05) is 23.2 Å². The van der Waals surface area contributed by atoms with E-state index in [2.05, 4.69) is 15.6 Å². The molecule has 142 valence electrons. The maximum absolute atomic E-state index is 12.4. The number of pyridine rings is 1. The minimum Gasteiger partial charge on any atom is -0.487 e. The van der Waals surface area contributed by atoms with E-state index in [9.17, 15) is 14.9 Å². The molecule has 0 unspecified atom stereocenters. The molecule has 0 spiro atoms. The normalized spacial score (nSPS) is 10.3. The highest BCUT2D eigenvalue weighted by molar-refractivity contribution is 7.80. The Bertz CT molecular complexity index is 1070. The molecule has 9 heteroatoms. The Morgan fingerprint density at radius 1 is 1.25 bits per heavy atom. The van der Waals surface area contributed by atoms with Crippen molar-refractivity contribution in [1.29, 1.82) is 0 Å². The van der Waals surface area contributed by atoms with Gasteiger partial charge >= 0.3 is 5.69 Å². The van der Waals surface area contributed by atoms with Crippen molar-refractivity contribution in [2.75, 3.05) is 11.9 Å². The van der Waals surface area contributed by atoms with Gasteiger partial charge in [-0.2, -0.15) is 0 Å². The molecule has 0 saturated heterocycles. The number of nitrogens with one attached hydrogen (secondary N) is 2. The van der Waals surface area contributed by atoms with Gasteiger partial charge in [-0.25, -0.2) is 0 Å². The Morgan fingerprint density at radius 3 is 2.79 bits per heavy atom. The van der Waals surface area contributed by atoms with Crippen LogP contribution in [0.15, 0.2) is 54.7 Å². The van der Waals surface area contributed by atoms with Crippen molar-refractivity contribution in [2.24, 2.45) is 0 Å². The molecule has 0 radical (unpaired) electrons. The van der Waals surface area contributed by atoms with Crippen LogP contribution in [0.2, 0.25) is 0 Å². The van der Waals surface area contributed by atoms with Gasteiger partial charge in [-0.15, -0.1) is 0 Å². The summed E-state index contributed by atoms with van der Waals surface area (Å²) in [5.74, 6) is -0.469. The summed E-state index contributed by atoms with van der Waals surface area (Å²) in [7, 11) is 0. The molecule has 3 rings (SSSR count). The molecule has 0 aliphatic carbocycles. The van der Waals surface area contributed by atoms with Crippen LogP contribution in [-0.4, -0.2) is 27.5 Å². The highest BCUT2D eigenvalue weighted by atomic mass is 32.1. The molecule has 0 atom stereocenters.